The van der Waals surface area contributed by atoms with Gasteiger partial charge in [-0.3, -0.25) is 4.79 Å². The summed E-state index contributed by atoms with van der Waals surface area (Å²) in [5.74, 6) is 1.40. The van der Waals surface area contributed by atoms with Crippen LogP contribution in [0.4, 0.5) is 0 Å². The van der Waals surface area contributed by atoms with Gasteiger partial charge in [0.05, 0.1) is 5.25 Å². The molecule has 1 aromatic carbocycles. The Hall–Kier alpha value is 0.450. The molecule has 1 nitrogen and oxygen atoms in total. The average Bonchev–Trinajstić information content (AvgIpc) is 2.74. The van der Waals surface area contributed by atoms with Crippen molar-refractivity contribution in [2.45, 2.75) is 18.1 Å². The van der Waals surface area contributed by atoms with Crippen LogP contribution in [0.5, 0.6) is 0 Å². The molecule has 0 N–H and O–H groups in total. The Morgan fingerprint density at radius 1 is 1.53 bits per heavy atom. The van der Waals surface area contributed by atoms with Gasteiger partial charge in [0.1, 0.15) is 0 Å². The van der Waals surface area contributed by atoms with E-state index >= 15 is 0 Å². The van der Waals surface area contributed by atoms with Gasteiger partial charge in [0.15, 0.2) is 5.78 Å². The van der Waals surface area contributed by atoms with Crippen molar-refractivity contribution in [3.05, 3.63) is 31.8 Å². The van der Waals surface area contributed by atoms with Crippen LogP contribution in [0.2, 0.25) is 0 Å². The molecule has 0 saturated carbocycles. The third-order valence-electron chi connectivity index (χ3n) is 2.42. The molecule has 1 heterocycles. The lowest BCUT2D eigenvalue weighted by Crippen LogP contribution is -2.14. The number of thioether (sulfide) groups is 1. The number of halogens is 2. The number of carbonyl (C=O) groups is 1. The summed E-state index contributed by atoms with van der Waals surface area (Å²) in [6.07, 6.45) is 2.20. The Kier molecular flexibility index (Phi) is 4.12. The first-order chi connectivity index (χ1) is 7.18. The summed E-state index contributed by atoms with van der Waals surface area (Å²) < 4.78 is 2.03. The van der Waals surface area contributed by atoms with Gasteiger partial charge in [0.25, 0.3) is 0 Å². The lowest BCUT2D eigenvalue weighted by molar-refractivity contribution is 0.0987. The van der Waals surface area contributed by atoms with E-state index in [0.717, 1.165) is 25.8 Å². The van der Waals surface area contributed by atoms with Crippen LogP contribution in [0.15, 0.2) is 22.7 Å². The molecular formula is C11H10BrIOS. The van der Waals surface area contributed by atoms with Crippen molar-refractivity contribution in [1.29, 1.82) is 0 Å². The van der Waals surface area contributed by atoms with Gasteiger partial charge in [0, 0.05) is 13.6 Å². The lowest BCUT2D eigenvalue weighted by Gasteiger charge is -2.09. The molecule has 4 heteroatoms. The van der Waals surface area contributed by atoms with Crippen LogP contribution in [-0.4, -0.2) is 16.8 Å². The highest BCUT2D eigenvalue weighted by Gasteiger charge is 2.25. The minimum absolute atomic E-state index is 0.180. The zero-order valence-corrected chi connectivity index (χ0v) is 12.6. The maximum absolute atomic E-state index is 12.2. The summed E-state index contributed by atoms with van der Waals surface area (Å²) in [5, 5.41) is 0.180. The van der Waals surface area contributed by atoms with Gasteiger partial charge < -0.3 is 0 Å². The molecule has 1 saturated heterocycles. The Balaban J connectivity index is 2.27. The first-order valence-electron chi connectivity index (χ1n) is 4.79. The molecule has 1 aromatic rings. The average molecular weight is 397 g/mol. The van der Waals surface area contributed by atoms with Crippen LogP contribution >= 0.6 is 50.3 Å². The second-order valence-electron chi connectivity index (χ2n) is 3.49. The highest BCUT2D eigenvalue weighted by Crippen LogP contribution is 2.31. The quantitative estimate of drug-likeness (QED) is 0.552. The molecule has 0 aliphatic carbocycles. The minimum atomic E-state index is 0.180. The van der Waals surface area contributed by atoms with Crippen molar-refractivity contribution in [2.75, 3.05) is 5.75 Å². The van der Waals surface area contributed by atoms with E-state index in [1.54, 1.807) is 11.8 Å². The molecule has 1 aliphatic rings. The maximum Gasteiger partial charge on any atom is 0.176 e. The topological polar surface area (TPSA) is 17.1 Å². The molecule has 15 heavy (non-hydrogen) atoms. The van der Waals surface area contributed by atoms with Crippen molar-refractivity contribution < 1.29 is 4.79 Å². The van der Waals surface area contributed by atoms with Gasteiger partial charge in [-0.2, -0.15) is 11.8 Å². The minimum Gasteiger partial charge on any atom is -0.293 e. The molecule has 1 atom stereocenters. The monoisotopic (exact) mass is 396 g/mol. The predicted molar refractivity (Wildman–Crippen MR) is 76.7 cm³/mol. The lowest BCUT2D eigenvalue weighted by atomic mass is 10.1. The normalized spacial score (nSPS) is 20.5. The van der Waals surface area contributed by atoms with Crippen molar-refractivity contribution in [3.63, 3.8) is 0 Å². The second kappa shape index (κ2) is 5.19. The van der Waals surface area contributed by atoms with Gasteiger partial charge in [0.2, 0.25) is 0 Å². The highest BCUT2D eigenvalue weighted by molar-refractivity contribution is 14.1. The fourth-order valence-electron chi connectivity index (χ4n) is 1.64. The molecule has 0 bridgehead atoms. The molecule has 0 amide bonds. The van der Waals surface area contributed by atoms with Crippen LogP contribution in [0.3, 0.4) is 0 Å². The van der Waals surface area contributed by atoms with Crippen LogP contribution in [0.1, 0.15) is 23.2 Å². The standard InChI is InChI=1S/C11H10BrIOS/c12-9-4-3-7(13)6-8(9)11(14)10-2-1-5-15-10/h3-4,6,10H,1-2,5H2. The van der Waals surface area contributed by atoms with E-state index in [1.807, 2.05) is 18.2 Å². The summed E-state index contributed by atoms with van der Waals surface area (Å²) in [6.45, 7) is 0. The largest absolute Gasteiger partial charge is 0.293 e. The number of ketones is 1. The molecule has 0 radical (unpaired) electrons. The fraction of sp³-hybridized carbons (Fsp3) is 0.364. The van der Waals surface area contributed by atoms with Crippen molar-refractivity contribution in [3.8, 4) is 0 Å². The van der Waals surface area contributed by atoms with E-state index in [9.17, 15) is 4.79 Å². The van der Waals surface area contributed by atoms with E-state index in [4.69, 9.17) is 0 Å². The second-order valence-corrected chi connectivity index (χ2v) is 6.90. The van der Waals surface area contributed by atoms with Crippen LogP contribution < -0.4 is 0 Å². The number of rotatable bonds is 2. The number of hydrogen-bond donors (Lipinski definition) is 0. The van der Waals surface area contributed by atoms with Gasteiger partial charge in [-0.25, -0.2) is 0 Å². The van der Waals surface area contributed by atoms with E-state index in [0.29, 0.717) is 0 Å². The number of hydrogen-bond acceptors (Lipinski definition) is 2. The Labute approximate surface area is 116 Å². The Morgan fingerprint density at radius 3 is 3.00 bits per heavy atom. The number of carbonyl (C=O) groups excluding carboxylic acids is 1. The van der Waals surface area contributed by atoms with E-state index in [-0.39, 0.29) is 11.0 Å². The maximum atomic E-state index is 12.2. The highest BCUT2D eigenvalue weighted by atomic mass is 127. The van der Waals surface area contributed by atoms with Crippen LogP contribution in [0, 0.1) is 3.57 Å². The first-order valence-corrected chi connectivity index (χ1v) is 7.71. The summed E-state index contributed by atoms with van der Waals surface area (Å²) in [7, 11) is 0. The van der Waals surface area contributed by atoms with Gasteiger partial charge in [-0.15, -0.1) is 0 Å². The van der Waals surface area contributed by atoms with Crippen molar-refractivity contribution in [1.82, 2.24) is 0 Å². The molecule has 0 spiro atoms. The first kappa shape index (κ1) is 11.9. The van der Waals surface area contributed by atoms with Crippen LogP contribution in [0.25, 0.3) is 0 Å². The third kappa shape index (κ3) is 2.77. The molecule has 2 rings (SSSR count). The molecule has 1 fully saturated rings. The smallest absolute Gasteiger partial charge is 0.176 e. The Bertz CT molecular complexity index is 388. The molecule has 1 aliphatic heterocycles. The predicted octanol–water partition coefficient (Wildman–Crippen LogP) is 4.13. The van der Waals surface area contributed by atoms with E-state index < -0.39 is 0 Å². The molecule has 0 aromatic heterocycles. The van der Waals surface area contributed by atoms with Crippen LogP contribution in [-0.2, 0) is 0 Å². The Morgan fingerprint density at radius 2 is 2.33 bits per heavy atom. The summed E-state index contributed by atoms with van der Waals surface area (Å²) in [4.78, 5) is 12.2. The number of benzene rings is 1. The zero-order valence-electron chi connectivity index (χ0n) is 8.00. The fourth-order valence-corrected chi connectivity index (χ4v) is 3.81. The van der Waals surface area contributed by atoms with E-state index in [2.05, 4.69) is 38.5 Å². The molecule has 80 valence electrons. The van der Waals surface area contributed by atoms with Crippen molar-refractivity contribution in [2.24, 2.45) is 0 Å². The number of Topliss-reactive ketones (excluding diaryl/α,β-unsaturated/α-hetero) is 1. The van der Waals surface area contributed by atoms with E-state index in [1.165, 1.54) is 6.42 Å². The zero-order chi connectivity index (χ0) is 10.8. The van der Waals surface area contributed by atoms with Crippen molar-refractivity contribution >= 4 is 56.1 Å². The molecule has 1 unspecified atom stereocenters. The summed E-state index contributed by atoms with van der Waals surface area (Å²) in [6, 6.07) is 5.92. The summed E-state index contributed by atoms with van der Waals surface area (Å²) in [5.41, 5.74) is 0.835. The SMILES string of the molecule is O=C(c1cc(I)ccc1Br)C1CCCS1. The van der Waals surface area contributed by atoms with Gasteiger partial charge in [-0.05, 0) is 59.4 Å². The van der Waals surface area contributed by atoms with Gasteiger partial charge in [-0.1, -0.05) is 15.9 Å². The van der Waals surface area contributed by atoms with Gasteiger partial charge >= 0.3 is 0 Å². The summed E-state index contributed by atoms with van der Waals surface area (Å²) >= 11 is 7.47. The third-order valence-corrected chi connectivity index (χ3v) is 5.16. The molecular weight excluding hydrogens is 387 g/mol.